The van der Waals surface area contributed by atoms with Crippen LogP contribution in [0.2, 0.25) is 0 Å². The van der Waals surface area contributed by atoms with Gasteiger partial charge in [0.1, 0.15) is 0 Å². The lowest BCUT2D eigenvalue weighted by Gasteiger charge is -2.41. The Balaban J connectivity index is 2.11. The first-order valence-corrected chi connectivity index (χ1v) is 7.26. The van der Waals surface area contributed by atoms with E-state index in [9.17, 15) is 9.59 Å². The van der Waals surface area contributed by atoms with Crippen molar-refractivity contribution in [3.8, 4) is 0 Å². The summed E-state index contributed by atoms with van der Waals surface area (Å²) >= 11 is 0. The second-order valence-electron chi connectivity index (χ2n) is 6.82. The van der Waals surface area contributed by atoms with Gasteiger partial charge in [-0.25, -0.2) is 0 Å². The number of ketones is 1. The number of carbonyl (C=O) groups excluding carboxylic acids is 2. The van der Waals surface area contributed by atoms with E-state index in [0.29, 0.717) is 19.4 Å². The van der Waals surface area contributed by atoms with Crippen LogP contribution < -0.4 is 0 Å². The zero-order chi connectivity index (χ0) is 14.1. The van der Waals surface area contributed by atoms with Crippen LogP contribution in [0.1, 0.15) is 59.3 Å². The zero-order valence-corrected chi connectivity index (χ0v) is 12.3. The lowest BCUT2D eigenvalue weighted by molar-refractivity contribution is -0.161. The zero-order valence-electron chi connectivity index (χ0n) is 12.3. The molecule has 0 aromatic rings. The molecule has 0 radical (unpaired) electrons. The Labute approximate surface area is 115 Å². The minimum Gasteiger partial charge on any atom is -0.466 e. The number of hydrogen-bond donors (Lipinski definition) is 0. The van der Waals surface area contributed by atoms with Crippen LogP contribution in [-0.4, -0.2) is 18.4 Å². The normalized spacial score (nSPS) is 24.4. The van der Waals surface area contributed by atoms with Crippen LogP contribution in [0.5, 0.6) is 0 Å². The molecule has 2 rings (SSSR count). The second-order valence-corrected chi connectivity index (χ2v) is 6.82. The molecule has 106 valence electrons. The summed E-state index contributed by atoms with van der Waals surface area (Å²) in [5, 5.41) is 0. The lowest BCUT2D eigenvalue weighted by Crippen LogP contribution is -2.40. The van der Waals surface area contributed by atoms with Crippen molar-refractivity contribution in [2.75, 3.05) is 6.61 Å². The Kier molecular flexibility index (Phi) is 3.84. The number of rotatable bonds is 4. The van der Waals surface area contributed by atoms with Gasteiger partial charge >= 0.3 is 5.97 Å². The predicted molar refractivity (Wildman–Crippen MR) is 73.6 cm³/mol. The molecule has 0 heterocycles. The lowest BCUT2D eigenvalue weighted by atomic mass is 9.63. The molecule has 0 N–H and O–H groups in total. The molecule has 0 amide bonds. The fourth-order valence-corrected chi connectivity index (χ4v) is 3.37. The Morgan fingerprint density at radius 3 is 2.47 bits per heavy atom. The van der Waals surface area contributed by atoms with Crippen LogP contribution in [0.4, 0.5) is 0 Å². The van der Waals surface area contributed by atoms with Gasteiger partial charge in [-0.15, -0.1) is 0 Å². The van der Waals surface area contributed by atoms with E-state index < -0.39 is 0 Å². The smallest absolute Gasteiger partial charge is 0.312 e. The monoisotopic (exact) mass is 264 g/mol. The predicted octanol–water partition coefficient (Wildman–Crippen LogP) is 3.43. The third-order valence-electron chi connectivity index (χ3n) is 4.31. The van der Waals surface area contributed by atoms with Gasteiger partial charge in [0.25, 0.3) is 0 Å². The fourth-order valence-electron chi connectivity index (χ4n) is 3.37. The Bertz CT molecular complexity index is 414. The molecule has 3 nitrogen and oxygen atoms in total. The molecule has 0 atom stereocenters. The van der Waals surface area contributed by atoms with Crippen LogP contribution in [0.15, 0.2) is 11.6 Å². The van der Waals surface area contributed by atoms with E-state index in [-0.39, 0.29) is 22.6 Å². The van der Waals surface area contributed by atoms with Gasteiger partial charge < -0.3 is 4.74 Å². The molecular formula is C16H24O3. The summed E-state index contributed by atoms with van der Waals surface area (Å²) in [6, 6.07) is 0. The van der Waals surface area contributed by atoms with Crippen LogP contribution in [-0.2, 0) is 14.3 Å². The van der Waals surface area contributed by atoms with Crippen molar-refractivity contribution in [3.05, 3.63) is 11.6 Å². The molecule has 0 aliphatic heterocycles. The van der Waals surface area contributed by atoms with Crippen molar-refractivity contribution in [3.63, 3.8) is 0 Å². The summed E-state index contributed by atoms with van der Waals surface area (Å²) in [4.78, 5) is 23.9. The topological polar surface area (TPSA) is 43.4 Å². The highest BCUT2D eigenvalue weighted by molar-refractivity contribution is 5.92. The first-order chi connectivity index (χ1) is 8.87. The number of hydrogen-bond acceptors (Lipinski definition) is 3. The molecule has 0 unspecified atom stereocenters. The maximum Gasteiger partial charge on any atom is 0.312 e. The van der Waals surface area contributed by atoms with Crippen LogP contribution in [0.25, 0.3) is 0 Å². The SMILES string of the molecule is CCOC(=O)C1(CC2=CC(=O)CC(C)(C)C2)CCC1. The largest absolute Gasteiger partial charge is 0.466 e. The molecule has 1 fully saturated rings. The van der Waals surface area contributed by atoms with Crippen LogP contribution in [0.3, 0.4) is 0 Å². The van der Waals surface area contributed by atoms with Crippen LogP contribution >= 0.6 is 0 Å². The fraction of sp³-hybridized carbons (Fsp3) is 0.750. The average Bonchev–Trinajstić information content (AvgIpc) is 2.20. The van der Waals surface area contributed by atoms with E-state index >= 15 is 0 Å². The van der Waals surface area contributed by atoms with Crippen molar-refractivity contribution in [2.24, 2.45) is 10.8 Å². The number of ether oxygens (including phenoxy) is 1. The van der Waals surface area contributed by atoms with E-state index in [0.717, 1.165) is 31.3 Å². The minimum atomic E-state index is -0.338. The quantitative estimate of drug-likeness (QED) is 0.731. The minimum absolute atomic E-state index is 0.0285. The van der Waals surface area contributed by atoms with Crippen molar-refractivity contribution >= 4 is 11.8 Å². The van der Waals surface area contributed by atoms with E-state index in [1.54, 1.807) is 6.08 Å². The molecule has 3 heteroatoms. The highest BCUT2D eigenvalue weighted by atomic mass is 16.5. The summed E-state index contributed by atoms with van der Waals surface area (Å²) in [6.45, 7) is 6.52. The molecule has 0 aromatic carbocycles. The standard InChI is InChI=1S/C16H24O3/c1-4-19-14(18)16(6-5-7-16)10-12-8-13(17)11-15(2,3)9-12/h8H,4-7,9-11H2,1-3H3. The van der Waals surface area contributed by atoms with E-state index in [1.807, 2.05) is 6.92 Å². The Hall–Kier alpha value is -1.12. The van der Waals surface area contributed by atoms with Gasteiger partial charge in [-0.3, -0.25) is 9.59 Å². The Morgan fingerprint density at radius 2 is 2.00 bits per heavy atom. The summed E-state index contributed by atoms with van der Waals surface area (Å²) in [6.07, 6.45) is 6.90. The van der Waals surface area contributed by atoms with E-state index in [1.165, 1.54) is 0 Å². The van der Waals surface area contributed by atoms with Crippen molar-refractivity contribution in [1.29, 1.82) is 0 Å². The van der Waals surface area contributed by atoms with E-state index in [2.05, 4.69) is 13.8 Å². The third kappa shape index (κ3) is 3.07. The molecule has 2 aliphatic carbocycles. The third-order valence-corrected chi connectivity index (χ3v) is 4.31. The molecule has 0 aromatic heterocycles. The summed E-state index contributed by atoms with van der Waals surface area (Å²) in [5.74, 6) is 0.127. The molecule has 0 spiro atoms. The van der Waals surface area contributed by atoms with Crippen LogP contribution in [0, 0.1) is 10.8 Å². The number of carbonyl (C=O) groups is 2. The van der Waals surface area contributed by atoms with Crippen molar-refractivity contribution in [1.82, 2.24) is 0 Å². The first kappa shape index (κ1) is 14.3. The number of allylic oxidation sites excluding steroid dienone is 2. The van der Waals surface area contributed by atoms with Gasteiger partial charge in [0.2, 0.25) is 0 Å². The van der Waals surface area contributed by atoms with Gasteiger partial charge in [-0.2, -0.15) is 0 Å². The molecule has 0 saturated heterocycles. The van der Waals surface area contributed by atoms with E-state index in [4.69, 9.17) is 4.74 Å². The maximum absolute atomic E-state index is 12.1. The summed E-state index contributed by atoms with van der Waals surface area (Å²) < 4.78 is 5.22. The first-order valence-electron chi connectivity index (χ1n) is 7.26. The highest BCUT2D eigenvalue weighted by Gasteiger charge is 2.46. The maximum atomic E-state index is 12.1. The van der Waals surface area contributed by atoms with Crippen molar-refractivity contribution in [2.45, 2.75) is 59.3 Å². The van der Waals surface area contributed by atoms with Gasteiger partial charge in [0, 0.05) is 6.42 Å². The highest BCUT2D eigenvalue weighted by Crippen LogP contribution is 2.49. The molecule has 19 heavy (non-hydrogen) atoms. The Morgan fingerprint density at radius 1 is 1.32 bits per heavy atom. The van der Waals surface area contributed by atoms with Gasteiger partial charge in [0.05, 0.1) is 12.0 Å². The molecular weight excluding hydrogens is 240 g/mol. The molecule has 2 aliphatic rings. The second kappa shape index (κ2) is 5.10. The van der Waals surface area contributed by atoms with Crippen molar-refractivity contribution < 1.29 is 14.3 Å². The van der Waals surface area contributed by atoms with Gasteiger partial charge in [-0.1, -0.05) is 25.8 Å². The molecule has 1 saturated carbocycles. The summed E-state index contributed by atoms with van der Waals surface area (Å²) in [7, 11) is 0. The van der Waals surface area contributed by atoms with Gasteiger partial charge in [-0.05, 0) is 44.1 Å². The van der Waals surface area contributed by atoms with Gasteiger partial charge in [0.15, 0.2) is 5.78 Å². The number of esters is 1. The summed E-state index contributed by atoms with van der Waals surface area (Å²) in [5.41, 5.74) is 0.824. The molecule has 0 bridgehead atoms. The average molecular weight is 264 g/mol.